The second-order valence-electron chi connectivity index (χ2n) is 5.25. The van der Waals surface area contributed by atoms with Crippen LogP contribution in [0.4, 0.5) is 5.82 Å². The Balaban J connectivity index is 1.88. The van der Waals surface area contributed by atoms with Crippen LogP contribution >= 0.6 is 0 Å². The van der Waals surface area contributed by atoms with Gasteiger partial charge in [0, 0.05) is 12.4 Å². The first-order chi connectivity index (χ1) is 9.26. The number of nitrogens with two attached hydrogens (primary N) is 1. The number of hydrogen-bond acceptors (Lipinski definition) is 5. The number of imidazole rings is 1. The summed E-state index contributed by atoms with van der Waals surface area (Å²) in [6.45, 7) is 2.27. The molecule has 102 valence electrons. The number of ether oxygens (including phenoxy) is 1. The first-order valence-electron chi connectivity index (χ1n) is 6.73. The van der Waals surface area contributed by atoms with Crippen LogP contribution < -0.4 is 16.0 Å². The largest absolute Gasteiger partial charge is 0.472 e. The standard InChI is InChI=1S/C13H19N5O/c1-9-3-2-4-10(7-9)19-13-12-15-5-6-18(12)8-11(16-13)17-14/h5-6,8-10,17H,2-4,7,14H2,1H3. The van der Waals surface area contributed by atoms with E-state index in [1.54, 1.807) is 12.4 Å². The van der Waals surface area contributed by atoms with Crippen molar-refractivity contribution in [1.82, 2.24) is 14.4 Å². The highest BCUT2D eigenvalue weighted by molar-refractivity contribution is 5.53. The molecule has 0 bridgehead atoms. The van der Waals surface area contributed by atoms with Crippen molar-refractivity contribution in [2.24, 2.45) is 11.8 Å². The monoisotopic (exact) mass is 261 g/mol. The van der Waals surface area contributed by atoms with Crippen LogP contribution in [0.15, 0.2) is 18.6 Å². The topological polar surface area (TPSA) is 77.5 Å². The Morgan fingerprint density at radius 3 is 3.16 bits per heavy atom. The van der Waals surface area contributed by atoms with Crippen LogP contribution in [0, 0.1) is 5.92 Å². The summed E-state index contributed by atoms with van der Waals surface area (Å²) in [5, 5.41) is 0. The lowest BCUT2D eigenvalue weighted by atomic mass is 9.89. The fourth-order valence-corrected chi connectivity index (χ4v) is 2.69. The van der Waals surface area contributed by atoms with E-state index in [0.29, 0.717) is 17.6 Å². The fourth-order valence-electron chi connectivity index (χ4n) is 2.69. The Morgan fingerprint density at radius 2 is 2.37 bits per heavy atom. The molecule has 1 aliphatic rings. The third kappa shape index (κ3) is 2.49. The number of fused-ring (bicyclic) bond motifs is 1. The number of nitrogens with one attached hydrogen (secondary N) is 1. The Morgan fingerprint density at radius 1 is 1.47 bits per heavy atom. The van der Waals surface area contributed by atoms with Crippen LogP contribution in [-0.4, -0.2) is 20.5 Å². The van der Waals surface area contributed by atoms with Gasteiger partial charge in [0.2, 0.25) is 5.65 Å². The molecule has 1 saturated carbocycles. The summed E-state index contributed by atoms with van der Waals surface area (Å²) in [7, 11) is 0. The van der Waals surface area contributed by atoms with Gasteiger partial charge in [-0.1, -0.05) is 13.3 Å². The highest BCUT2D eigenvalue weighted by atomic mass is 16.5. The highest BCUT2D eigenvalue weighted by Gasteiger charge is 2.22. The summed E-state index contributed by atoms with van der Waals surface area (Å²) in [6.07, 6.45) is 10.3. The van der Waals surface area contributed by atoms with Crippen LogP contribution in [0.25, 0.3) is 5.65 Å². The molecule has 2 unspecified atom stereocenters. The molecule has 0 aromatic carbocycles. The third-order valence-corrected chi connectivity index (χ3v) is 3.66. The maximum atomic E-state index is 6.05. The Hall–Kier alpha value is -1.82. The van der Waals surface area contributed by atoms with Crippen molar-refractivity contribution in [3.63, 3.8) is 0 Å². The Bertz CT molecular complexity index is 567. The summed E-state index contributed by atoms with van der Waals surface area (Å²) in [5.74, 6) is 7.27. The van der Waals surface area contributed by atoms with Gasteiger partial charge in [0.25, 0.3) is 5.88 Å². The molecule has 0 aliphatic heterocycles. The van der Waals surface area contributed by atoms with Crippen LogP contribution in [0.3, 0.4) is 0 Å². The van der Waals surface area contributed by atoms with Crippen molar-refractivity contribution in [2.75, 3.05) is 5.43 Å². The molecule has 2 aromatic heterocycles. The van der Waals surface area contributed by atoms with Gasteiger partial charge in [0.1, 0.15) is 6.10 Å². The average Bonchev–Trinajstić information content (AvgIpc) is 2.87. The number of hydrogen-bond donors (Lipinski definition) is 2. The maximum Gasteiger partial charge on any atom is 0.260 e. The maximum absolute atomic E-state index is 6.05. The van der Waals surface area contributed by atoms with Crippen LogP contribution in [-0.2, 0) is 0 Å². The molecule has 2 heterocycles. The van der Waals surface area contributed by atoms with Gasteiger partial charge in [0.05, 0.1) is 6.20 Å². The van der Waals surface area contributed by atoms with Crippen molar-refractivity contribution in [1.29, 1.82) is 0 Å². The number of rotatable bonds is 3. The first kappa shape index (κ1) is 12.2. The summed E-state index contributed by atoms with van der Waals surface area (Å²) < 4.78 is 7.91. The zero-order chi connectivity index (χ0) is 13.2. The van der Waals surface area contributed by atoms with E-state index in [-0.39, 0.29) is 6.10 Å². The molecule has 3 N–H and O–H groups in total. The van der Waals surface area contributed by atoms with Gasteiger partial charge < -0.3 is 10.2 Å². The van der Waals surface area contributed by atoms with Gasteiger partial charge in [-0.3, -0.25) is 4.40 Å². The second kappa shape index (κ2) is 5.05. The van der Waals surface area contributed by atoms with Gasteiger partial charge in [-0.15, -0.1) is 0 Å². The number of nitrogen functional groups attached to an aromatic ring is 1. The van der Waals surface area contributed by atoms with Crippen LogP contribution in [0.5, 0.6) is 5.88 Å². The minimum absolute atomic E-state index is 0.227. The molecule has 0 radical (unpaired) electrons. The minimum Gasteiger partial charge on any atom is -0.472 e. The molecule has 19 heavy (non-hydrogen) atoms. The van der Waals surface area contributed by atoms with Crippen LogP contribution in [0.1, 0.15) is 32.6 Å². The fraction of sp³-hybridized carbons (Fsp3) is 0.538. The SMILES string of the molecule is CC1CCCC(Oc2nc(NN)cn3ccnc23)C1. The number of aromatic nitrogens is 3. The van der Waals surface area contributed by atoms with Crippen molar-refractivity contribution >= 4 is 11.5 Å². The lowest BCUT2D eigenvalue weighted by Crippen LogP contribution is -2.25. The van der Waals surface area contributed by atoms with E-state index >= 15 is 0 Å². The van der Waals surface area contributed by atoms with Crippen molar-refractivity contribution in [2.45, 2.75) is 38.7 Å². The zero-order valence-electron chi connectivity index (χ0n) is 11.0. The smallest absolute Gasteiger partial charge is 0.260 e. The Kier molecular flexibility index (Phi) is 3.25. The van der Waals surface area contributed by atoms with Gasteiger partial charge in [-0.05, 0) is 25.2 Å². The van der Waals surface area contributed by atoms with Gasteiger partial charge in [-0.25, -0.2) is 10.8 Å². The number of hydrazine groups is 1. The molecule has 1 fully saturated rings. The quantitative estimate of drug-likeness (QED) is 0.652. The molecule has 1 aliphatic carbocycles. The van der Waals surface area contributed by atoms with E-state index in [2.05, 4.69) is 22.3 Å². The first-order valence-corrected chi connectivity index (χ1v) is 6.73. The van der Waals surface area contributed by atoms with Gasteiger partial charge in [-0.2, -0.15) is 4.98 Å². The zero-order valence-corrected chi connectivity index (χ0v) is 11.0. The summed E-state index contributed by atoms with van der Waals surface area (Å²) in [6, 6.07) is 0. The van der Waals surface area contributed by atoms with E-state index in [1.807, 2.05) is 10.6 Å². The van der Waals surface area contributed by atoms with Gasteiger partial charge in [0.15, 0.2) is 5.82 Å². The molecule has 0 spiro atoms. The minimum atomic E-state index is 0.227. The molecule has 2 atom stereocenters. The third-order valence-electron chi connectivity index (χ3n) is 3.66. The normalized spacial score (nSPS) is 23.5. The predicted molar refractivity (Wildman–Crippen MR) is 72.8 cm³/mol. The summed E-state index contributed by atoms with van der Waals surface area (Å²) in [4.78, 5) is 8.65. The van der Waals surface area contributed by atoms with E-state index < -0.39 is 0 Å². The van der Waals surface area contributed by atoms with Crippen molar-refractivity contribution in [3.05, 3.63) is 18.6 Å². The van der Waals surface area contributed by atoms with Gasteiger partial charge >= 0.3 is 0 Å². The van der Waals surface area contributed by atoms with E-state index in [0.717, 1.165) is 18.5 Å². The molecule has 0 amide bonds. The van der Waals surface area contributed by atoms with E-state index in [4.69, 9.17) is 10.6 Å². The predicted octanol–water partition coefficient (Wildman–Crippen LogP) is 1.97. The van der Waals surface area contributed by atoms with Crippen molar-refractivity contribution < 1.29 is 4.74 Å². The van der Waals surface area contributed by atoms with Crippen molar-refractivity contribution in [3.8, 4) is 5.88 Å². The lowest BCUT2D eigenvalue weighted by Gasteiger charge is -2.27. The number of nitrogens with zero attached hydrogens (tertiary/aromatic N) is 3. The molecule has 0 saturated heterocycles. The summed E-state index contributed by atoms with van der Waals surface area (Å²) in [5.41, 5.74) is 3.29. The molecule has 6 nitrogen and oxygen atoms in total. The molecule has 3 rings (SSSR count). The lowest BCUT2D eigenvalue weighted by molar-refractivity contribution is 0.125. The van der Waals surface area contributed by atoms with E-state index in [1.165, 1.54) is 12.8 Å². The van der Waals surface area contributed by atoms with Crippen LogP contribution in [0.2, 0.25) is 0 Å². The highest BCUT2D eigenvalue weighted by Crippen LogP contribution is 2.28. The Labute approximate surface area is 112 Å². The molecule has 2 aromatic rings. The summed E-state index contributed by atoms with van der Waals surface area (Å²) >= 11 is 0. The second-order valence-corrected chi connectivity index (χ2v) is 5.25. The molecular weight excluding hydrogens is 242 g/mol. The number of anilines is 1. The average molecular weight is 261 g/mol. The molecule has 6 heteroatoms. The molecular formula is C13H19N5O. The van der Waals surface area contributed by atoms with E-state index in [9.17, 15) is 0 Å².